The molecular formula is C16H16N4. The molecule has 100 valence electrons. The van der Waals surface area contributed by atoms with E-state index in [1.54, 1.807) is 18.6 Å². The van der Waals surface area contributed by atoms with Gasteiger partial charge in [0.15, 0.2) is 0 Å². The lowest BCUT2D eigenvalue weighted by Gasteiger charge is -2.11. The quantitative estimate of drug-likeness (QED) is 0.713. The van der Waals surface area contributed by atoms with Crippen LogP contribution in [0.4, 0.5) is 11.5 Å². The second-order valence-electron chi connectivity index (χ2n) is 4.82. The Bertz CT molecular complexity index is 738. The van der Waals surface area contributed by atoms with Gasteiger partial charge in [-0.2, -0.15) is 0 Å². The maximum Gasteiger partial charge on any atom is 0.134 e. The van der Waals surface area contributed by atoms with Crippen molar-refractivity contribution in [2.45, 2.75) is 13.5 Å². The van der Waals surface area contributed by atoms with Crippen molar-refractivity contribution in [3.05, 3.63) is 60.0 Å². The summed E-state index contributed by atoms with van der Waals surface area (Å²) in [4.78, 5) is 8.44. The maximum absolute atomic E-state index is 6.07. The normalized spacial score (nSPS) is 10.7. The highest BCUT2D eigenvalue weighted by molar-refractivity contribution is 5.99. The zero-order chi connectivity index (χ0) is 13.9. The Morgan fingerprint density at radius 3 is 2.65 bits per heavy atom. The van der Waals surface area contributed by atoms with E-state index in [2.05, 4.69) is 21.4 Å². The lowest BCUT2D eigenvalue weighted by Crippen LogP contribution is -2.02. The number of aromatic nitrogens is 2. The Morgan fingerprint density at radius 2 is 1.85 bits per heavy atom. The summed E-state index contributed by atoms with van der Waals surface area (Å²) in [5.74, 6) is 0.856. The summed E-state index contributed by atoms with van der Waals surface area (Å²) < 4.78 is 0. The van der Waals surface area contributed by atoms with E-state index in [1.807, 2.05) is 31.2 Å². The Balaban J connectivity index is 1.95. The molecular weight excluding hydrogens is 248 g/mol. The highest BCUT2D eigenvalue weighted by atomic mass is 15.0. The van der Waals surface area contributed by atoms with Crippen LogP contribution in [0.15, 0.2) is 48.9 Å². The van der Waals surface area contributed by atoms with Crippen molar-refractivity contribution in [3.63, 3.8) is 0 Å². The third-order valence-electron chi connectivity index (χ3n) is 3.27. The van der Waals surface area contributed by atoms with E-state index in [1.165, 1.54) is 5.56 Å². The number of rotatable bonds is 3. The number of nitrogens with zero attached hydrogens (tertiary/aromatic N) is 2. The minimum Gasteiger partial charge on any atom is -0.398 e. The van der Waals surface area contributed by atoms with Gasteiger partial charge in [-0.3, -0.25) is 4.98 Å². The SMILES string of the molecule is Cc1cc(N)c2ccnc(NCc3ccncc3)c2c1. The van der Waals surface area contributed by atoms with E-state index < -0.39 is 0 Å². The van der Waals surface area contributed by atoms with Gasteiger partial charge in [0.2, 0.25) is 0 Å². The number of nitrogen functional groups attached to an aromatic ring is 1. The lowest BCUT2D eigenvalue weighted by atomic mass is 10.1. The summed E-state index contributed by atoms with van der Waals surface area (Å²) in [5, 5.41) is 5.45. The van der Waals surface area contributed by atoms with Gasteiger partial charge < -0.3 is 11.1 Å². The molecule has 4 nitrogen and oxygen atoms in total. The van der Waals surface area contributed by atoms with Crippen molar-refractivity contribution in [3.8, 4) is 0 Å². The second kappa shape index (κ2) is 5.17. The number of aryl methyl sites for hydroxylation is 1. The van der Waals surface area contributed by atoms with Gasteiger partial charge in [0, 0.05) is 41.6 Å². The monoisotopic (exact) mass is 264 g/mol. The standard InChI is InChI=1S/C16H16N4/c1-11-8-14-13(15(17)9-11)4-7-19-16(14)20-10-12-2-5-18-6-3-12/h2-9H,10,17H2,1H3,(H,19,20). The van der Waals surface area contributed by atoms with Crippen molar-refractivity contribution >= 4 is 22.3 Å². The van der Waals surface area contributed by atoms with Crippen molar-refractivity contribution in [1.82, 2.24) is 9.97 Å². The number of fused-ring (bicyclic) bond motifs is 1. The van der Waals surface area contributed by atoms with Crippen LogP contribution in [-0.4, -0.2) is 9.97 Å². The topological polar surface area (TPSA) is 63.8 Å². The van der Waals surface area contributed by atoms with Crippen molar-refractivity contribution in [1.29, 1.82) is 0 Å². The van der Waals surface area contributed by atoms with Crippen LogP contribution in [0, 0.1) is 6.92 Å². The first kappa shape index (κ1) is 12.4. The number of nitrogens with two attached hydrogens (primary N) is 1. The Morgan fingerprint density at radius 1 is 1.05 bits per heavy atom. The first-order valence-corrected chi connectivity index (χ1v) is 6.51. The molecule has 0 saturated heterocycles. The van der Waals surface area contributed by atoms with Crippen LogP contribution in [0.25, 0.3) is 10.8 Å². The molecule has 0 spiro atoms. The number of anilines is 2. The number of hydrogen-bond donors (Lipinski definition) is 2. The molecule has 2 aromatic heterocycles. The predicted molar refractivity (Wildman–Crippen MR) is 82.5 cm³/mol. The summed E-state index contributed by atoms with van der Waals surface area (Å²) >= 11 is 0. The van der Waals surface area contributed by atoms with E-state index in [0.717, 1.165) is 27.8 Å². The third kappa shape index (κ3) is 2.40. The van der Waals surface area contributed by atoms with Crippen LogP contribution >= 0.6 is 0 Å². The predicted octanol–water partition coefficient (Wildman–Crippen LogP) is 3.13. The summed E-state index contributed by atoms with van der Waals surface area (Å²) in [7, 11) is 0. The van der Waals surface area contributed by atoms with Crippen LogP contribution in [0.2, 0.25) is 0 Å². The smallest absolute Gasteiger partial charge is 0.134 e. The van der Waals surface area contributed by atoms with Crippen LogP contribution in [0.1, 0.15) is 11.1 Å². The Kier molecular flexibility index (Phi) is 3.21. The molecule has 3 aromatic rings. The minimum absolute atomic E-state index is 0.711. The minimum atomic E-state index is 0.711. The molecule has 0 aliphatic rings. The van der Waals surface area contributed by atoms with Crippen molar-refractivity contribution < 1.29 is 0 Å². The van der Waals surface area contributed by atoms with E-state index >= 15 is 0 Å². The average molecular weight is 264 g/mol. The second-order valence-corrected chi connectivity index (χ2v) is 4.82. The number of hydrogen-bond acceptors (Lipinski definition) is 4. The van der Waals surface area contributed by atoms with Gasteiger partial charge in [0.25, 0.3) is 0 Å². The summed E-state index contributed by atoms with van der Waals surface area (Å²) in [6.07, 6.45) is 5.36. The van der Waals surface area contributed by atoms with Crippen LogP contribution < -0.4 is 11.1 Å². The average Bonchev–Trinajstić information content (AvgIpc) is 2.46. The van der Waals surface area contributed by atoms with E-state index in [4.69, 9.17) is 5.73 Å². The molecule has 0 aliphatic heterocycles. The fourth-order valence-corrected chi connectivity index (χ4v) is 2.29. The van der Waals surface area contributed by atoms with Gasteiger partial charge in [-0.1, -0.05) is 0 Å². The van der Waals surface area contributed by atoms with Crippen LogP contribution in [-0.2, 0) is 6.54 Å². The number of nitrogens with one attached hydrogen (secondary N) is 1. The van der Waals surface area contributed by atoms with Crippen LogP contribution in [0.3, 0.4) is 0 Å². The highest BCUT2D eigenvalue weighted by Crippen LogP contribution is 2.27. The molecule has 0 radical (unpaired) electrons. The zero-order valence-electron chi connectivity index (χ0n) is 11.3. The van der Waals surface area contributed by atoms with Gasteiger partial charge in [0.1, 0.15) is 5.82 Å². The molecule has 0 saturated carbocycles. The fourth-order valence-electron chi connectivity index (χ4n) is 2.29. The first-order chi connectivity index (χ1) is 9.74. The molecule has 0 bridgehead atoms. The summed E-state index contributed by atoms with van der Waals surface area (Å²) in [6.45, 7) is 2.75. The largest absolute Gasteiger partial charge is 0.398 e. The molecule has 3 N–H and O–H groups in total. The molecule has 1 aromatic carbocycles. The molecule has 3 rings (SSSR count). The fraction of sp³-hybridized carbons (Fsp3) is 0.125. The van der Waals surface area contributed by atoms with E-state index in [-0.39, 0.29) is 0 Å². The summed E-state index contributed by atoms with van der Waals surface area (Å²) in [6, 6.07) is 10.00. The van der Waals surface area contributed by atoms with Crippen molar-refractivity contribution in [2.24, 2.45) is 0 Å². The number of benzene rings is 1. The molecule has 4 heteroatoms. The first-order valence-electron chi connectivity index (χ1n) is 6.51. The maximum atomic E-state index is 6.07. The van der Waals surface area contributed by atoms with Gasteiger partial charge >= 0.3 is 0 Å². The Hall–Kier alpha value is -2.62. The molecule has 0 fully saturated rings. The molecule has 0 amide bonds. The van der Waals surface area contributed by atoms with Crippen LogP contribution in [0.5, 0.6) is 0 Å². The summed E-state index contributed by atoms with van der Waals surface area (Å²) in [5.41, 5.74) is 9.16. The van der Waals surface area contributed by atoms with Gasteiger partial charge in [-0.25, -0.2) is 4.98 Å². The molecule has 2 heterocycles. The highest BCUT2D eigenvalue weighted by Gasteiger charge is 2.05. The van der Waals surface area contributed by atoms with E-state index in [0.29, 0.717) is 6.54 Å². The number of pyridine rings is 2. The van der Waals surface area contributed by atoms with Gasteiger partial charge in [-0.05, 0) is 48.4 Å². The third-order valence-corrected chi connectivity index (χ3v) is 3.27. The van der Waals surface area contributed by atoms with Gasteiger partial charge in [0.05, 0.1) is 0 Å². The molecule has 0 aliphatic carbocycles. The van der Waals surface area contributed by atoms with Crippen molar-refractivity contribution in [2.75, 3.05) is 11.1 Å². The molecule has 20 heavy (non-hydrogen) atoms. The lowest BCUT2D eigenvalue weighted by molar-refractivity contribution is 1.10. The molecule has 0 unspecified atom stereocenters. The van der Waals surface area contributed by atoms with Gasteiger partial charge in [-0.15, -0.1) is 0 Å². The molecule has 0 atom stereocenters. The Labute approximate surface area is 117 Å². The van der Waals surface area contributed by atoms with E-state index in [9.17, 15) is 0 Å². The zero-order valence-corrected chi connectivity index (χ0v) is 11.3.